The number of rotatable bonds is 4. The van der Waals surface area contributed by atoms with Crippen molar-refractivity contribution in [3.8, 4) is 11.9 Å². The van der Waals surface area contributed by atoms with E-state index in [0.717, 1.165) is 36.9 Å². The maximum atomic E-state index is 13.4. The molecule has 0 saturated heterocycles. The van der Waals surface area contributed by atoms with E-state index >= 15 is 0 Å². The first-order valence-corrected chi connectivity index (χ1v) is 11.3. The Kier molecular flexibility index (Phi) is 4.82. The highest BCUT2D eigenvalue weighted by Gasteiger charge is 2.30. The third-order valence-electron chi connectivity index (χ3n) is 6.05. The van der Waals surface area contributed by atoms with Crippen molar-refractivity contribution in [1.82, 2.24) is 19.7 Å². The van der Waals surface area contributed by atoms with Gasteiger partial charge in [0.05, 0.1) is 11.5 Å². The fourth-order valence-electron chi connectivity index (χ4n) is 4.54. The minimum atomic E-state index is -1.21. The average Bonchev–Trinajstić information content (AvgIpc) is 3.43. The van der Waals surface area contributed by atoms with E-state index in [1.54, 1.807) is 26.0 Å². The van der Waals surface area contributed by atoms with Gasteiger partial charge in [0.1, 0.15) is 16.4 Å². The predicted octanol–water partition coefficient (Wildman–Crippen LogP) is 4.06. The van der Waals surface area contributed by atoms with Gasteiger partial charge < -0.3 is 9.51 Å². The second-order valence-electron chi connectivity index (χ2n) is 8.18. The standard InChI is InChI=1S/C23H21N5O3S/c1-11-8-15(13(3)28(11)18-9-12(2)31-27-18)20(29)16(10-24)21-25-22(30)19-14-6-4-5-7-17(14)32-23(19)26-21/h8-9,16H,4-7H2,1-3H3,(H,25,26,30). The molecule has 0 saturated carbocycles. The van der Waals surface area contributed by atoms with Gasteiger partial charge in [-0.2, -0.15) is 5.26 Å². The topological polar surface area (TPSA) is 118 Å². The van der Waals surface area contributed by atoms with Gasteiger partial charge in [-0.1, -0.05) is 5.16 Å². The van der Waals surface area contributed by atoms with Gasteiger partial charge in [-0.25, -0.2) is 4.98 Å². The second-order valence-corrected chi connectivity index (χ2v) is 9.27. The zero-order chi connectivity index (χ0) is 22.6. The molecule has 1 atom stereocenters. The lowest BCUT2D eigenvalue weighted by Crippen LogP contribution is -2.20. The van der Waals surface area contributed by atoms with Crippen LogP contribution in [0.5, 0.6) is 0 Å². The van der Waals surface area contributed by atoms with Gasteiger partial charge in [-0.05, 0) is 58.1 Å². The molecule has 1 aliphatic carbocycles. The van der Waals surface area contributed by atoms with Gasteiger partial charge in [0.2, 0.25) is 0 Å². The summed E-state index contributed by atoms with van der Waals surface area (Å²) in [5.74, 6) is -0.294. The van der Waals surface area contributed by atoms with E-state index in [2.05, 4.69) is 15.1 Å². The van der Waals surface area contributed by atoms with Crippen LogP contribution in [0.4, 0.5) is 0 Å². The Morgan fingerprint density at radius 1 is 1.28 bits per heavy atom. The van der Waals surface area contributed by atoms with Crippen LogP contribution in [0, 0.1) is 32.1 Å². The lowest BCUT2D eigenvalue weighted by Gasteiger charge is -2.10. The minimum Gasteiger partial charge on any atom is -0.360 e. The van der Waals surface area contributed by atoms with Crippen molar-refractivity contribution in [1.29, 1.82) is 5.26 Å². The zero-order valence-electron chi connectivity index (χ0n) is 18.0. The summed E-state index contributed by atoms with van der Waals surface area (Å²) in [7, 11) is 0. The fourth-order valence-corrected chi connectivity index (χ4v) is 5.81. The Labute approximate surface area is 187 Å². The molecule has 9 heteroatoms. The van der Waals surface area contributed by atoms with Crippen LogP contribution >= 0.6 is 11.3 Å². The fraction of sp³-hybridized carbons (Fsp3) is 0.348. The van der Waals surface area contributed by atoms with Crippen molar-refractivity contribution in [3.63, 3.8) is 0 Å². The first kappa shape index (κ1) is 20.4. The molecule has 0 amide bonds. The zero-order valence-corrected chi connectivity index (χ0v) is 18.8. The number of nitrogens with one attached hydrogen (secondary N) is 1. The number of thiophene rings is 1. The van der Waals surface area contributed by atoms with Crippen LogP contribution in [0.15, 0.2) is 21.5 Å². The Bertz CT molecular complexity index is 1480. The third kappa shape index (κ3) is 3.10. The summed E-state index contributed by atoms with van der Waals surface area (Å²) < 4.78 is 6.98. The number of carbonyl (C=O) groups excluding carboxylic acids is 1. The van der Waals surface area contributed by atoms with Crippen LogP contribution in [-0.2, 0) is 12.8 Å². The molecule has 5 rings (SSSR count). The van der Waals surface area contributed by atoms with E-state index in [4.69, 9.17) is 4.52 Å². The van der Waals surface area contributed by atoms with E-state index < -0.39 is 11.7 Å². The highest BCUT2D eigenvalue weighted by molar-refractivity contribution is 7.18. The number of aryl methyl sites for hydroxylation is 4. The summed E-state index contributed by atoms with van der Waals surface area (Å²) in [6, 6.07) is 5.56. The number of hydrogen-bond donors (Lipinski definition) is 1. The van der Waals surface area contributed by atoms with Crippen molar-refractivity contribution >= 4 is 27.3 Å². The first-order valence-electron chi connectivity index (χ1n) is 10.5. The number of nitrogens with zero attached hydrogens (tertiary/aromatic N) is 4. The number of H-pyrrole nitrogens is 1. The van der Waals surface area contributed by atoms with Crippen molar-refractivity contribution < 1.29 is 9.32 Å². The largest absolute Gasteiger partial charge is 0.360 e. The summed E-state index contributed by atoms with van der Waals surface area (Å²) in [6.07, 6.45) is 3.97. The molecule has 1 aliphatic rings. The Morgan fingerprint density at radius 2 is 2.06 bits per heavy atom. The molecular weight excluding hydrogens is 426 g/mol. The molecular formula is C23H21N5O3S. The summed E-state index contributed by atoms with van der Waals surface area (Å²) in [5, 5.41) is 14.5. The number of fused-ring (bicyclic) bond motifs is 3. The van der Waals surface area contributed by atoms with Gasteiger partial charge >= 0.3 is 0 Å². The van der Waals surface area contributed by atoms with Gasteiger partial charge in [-0.3, -0.25) is 14.2 Å². The number of aromatic nitrogens is 4. The lowest BCUT2D eigenvalue weighted by atomic mass is 9.96. The molecule has 0 spiro atoms. The van der Waals surface area contributed by atoms with E-state index in [1.165, 1.54) is 16.2 Å². The van der Waals surface area contributed by atoms with E-state index in [0.29, 0.717) is 33.1 Å². The number of hydrogen-bond acceptors (Lipinski definition) is 7. The highest BCUT2D eigenvalue weighted by atomic mass is 32.1. The third-order valence-corrected chi connectivity index (χ3v) is 7.24. The maximum absolute atomic E-state index is 13.4. The first-order chi connectivity index (χ1) is 15.4. The van der Waals surface area contributed by atoms with Crippen LogP contribution in [0.1, 0.15) is 62.5 Å². The number of carbonyl (C=O) groups is 1. The molecule has 0 bridgehead atoms. The molecule has 1 unspecified atom stereocenters. The molecule has 32 heavy (non-hydrogen) atoms. The molecule has 8 nitrogen and oxygen atoms in total. The van der Waals surface area contributed by atoms with Crippen LogP contribution in [0.3, 0.4) is 0 Å². The molecule has 0 aliphatic heterocycles. The van der Waals surface area contributed by atoms with Gasteiger partial charge in [-0.15, -0.1) is 11.3 Å². The highest BCUT2D eigenvalue weighted by Crippen LogP contribution is 2.34. The second kappa shape index (κ2) is 7.57. The summed E-state index contributed by atoms with van der Waals surface area (Å²) in [4.78, 5) is 35.4. The Hall–Kier alpha value is -3.51. The monoisotopic (exact) mass is 447 g/mol. The van der Waals surface area contributed by atoms with Crippen molar-refractivity contribution in [2.45, 2.75) is 52.4 Å². The molecule has 1 N–H and O–H groups in total. The van der Waals surface area contributed by atoms with Crippen molar-refractivity contribution in [3.05, 3.63) is 61.5 Å². The minimum absolute atomic E-state index is 0.0932. The number of aromatic amines is 1. The predicted molar refractivity (Wildman–Crippen MR) is 120 cm³/mol. The van der Waals surface area contributed by atoms with Gasteiger partial charge in [0, 0.05) is 27.9 Å². The molecule has 4 aromatic heterocycles. The van der Waals surface area contributed by atoms with Crippen LogP contribution in [0.25, 0.3) is 16.0 Å². The molecule has 0 aromatic carbocycles. The lowest BCUT2D eigenvalue weighted by molar-refractivity contribution is 0.0975. The Balaban J connectivity index is 1.58. The summed E-state index contributed by atoms with van der Waals surface area (Å²) in [6.45, 7) is 5.45. The summed E-state index contributed by atoms with van der Waals surface area (Å²) in [5.41, 5.74) is 2.63. The number of ketones is 1. The van der Waals surface area contributed by atoms with Gasteiger partial charge in [0.15, 0.2) is 17.5 Å². The van der Waals surface area contributed by atoms with E-state index in [-0.39, 0.29) is 11.4 Å². The molecule has 4 heterocycles. The quantitative estimate of drug-likeness (QED) is 0.472. The molecule has 0 fully saturated rings. The Morgan fingerprint density at radius 3 is 2.78 bits per heavy atom. The molecule has 162 valence electrons. The van der Waals surface area contributed by atoms with Crippen LogP contribution in [-0.4, -0.2) is 25.5 Å². The molecule has 4 aromatic rings. The van der Waals surface area contributed by atoms with Gasteiger partial charge in [0.25, 0.3) is 5.56 Å². The smallest absolute Gasteiger partial charge is 0.259 e. The maximum Gasteiger partial charge on any atom is 0.259 e. The normalized spacial score (nSPS) is 14.3. The molecule has 0 radical (unpaired) electrons. The SMILES string of the molecule is Cc1cc(-n2c(C)cc(C(=O)C(C#N)c3nc4sc5c(c4c(=O)[nH]3)CCCC5)c2C)no1. The number of Topliss-reactive ketones (excluding diaryl/α,β-unsaturated/α-hetero) is 1. The van der Waals surface area contributed by atoms with E-state index in [1.807, 2.05) is 17.6 Å². The van der Waals surface area contributed by atoms with Crippen LogP contribution in [0.2, 0.25) is 0 Å². The number of nitriles is 1. The van der Waals surface area contributed by atoms with Crippen LogP contribution < -0.4 is 5.56 Å². The summed E-state index contributed by atoms with van der Waals surface area (Å²) >= 11 is 1.50. The van der Waals surface area contributed by atoms with Crippen molar-refractivity contribution in [2.75, 3.05) is 0 Å². The average molecular weight is 448 g/mol. The van der Waals surface area contributed by atoms with Crippen molar-refractivity contribution in [2.24, 2.45) is 0 Å². The van der Waals surface area contributed by atoms with E-state index in [9.17, 15) is 14.9 Å².